The number of nitrogens with two attached hydrogens (primary N) is 1. The predicted octanol–water partition coefficient (Wildman–Crippen LogP) is 0.189. The largest absolute Gasteiger partial charge is 0.330 e. The summed E-state index contributed by atoms with van der Waals surface area (Å²) in [5, 5.41) is 4.15. The van der Waals surface area contributed by atoms with Crippen molar-refractivity contribution < 1.29 is 0 Å². The average Bonchev–Trinajstić information content (AvgIpc) is 2.51. The van der Waals surface area contributed by atoms with Gasteiger partial charge in [0.2, 0.25) is 0 Å². The fraction of sp³-hybridized carbons (Fsp3) is 0.750. The first-order valence-electron chi connectivity index (χ1n) is 4.47. The number of aromatic nitrogens is 3. The predicted molar refractivity (Wildman–Crippen MR) is 45.5 cm³/mol. The van der Waals surface area contributed by atoms with Gasteiger partial charge in [0.15, 0.2) is 0 Å². The maximum Gasteiger partial charge on any atom is 0.138 e. The van der Waals surface area contributed by atoms with Crippen LogP contribution in [0, 0.1) is 5.92 Å². The molecule has 0 amide bonds. The highest BCUT2D eigenvalue weighted by atomic mass is 15.3. The standard InChI is InChI=1S/C8H14N4/c9-4-3-7-1-2-8-10-6-11-12(8)5-7/h6-7H,1-5,9H2. The Morgan fingerprint density at radius 3 is 3.42 bits per heavy atom. The molecular weight excluding hydrogens is 152 g/mol. The van der Waals surface area contributed by atoms with Gasteiger partial charge in [0.1, 0.15) is 12.2 Å². The summed E-state index contributed by atoms with van der Waals surface area (Å²) in [5.41, 5.74) is 5.51. The van der Waals surface area contributed by atoms with E-state index in [9.17, 15) is 0 Å². The fourth-order valence-corrected chi connectivity index (χ4v) is 1.77. The molecule has 2 heterocycles. The molecule has 0 saturated heterocycles. The van der Waals surface area contributed by atoms with Gasteiger partial charge in [0.25, 0.3) is 0 Å². The Morgan fingerprint density at radius 1 is 1.67 bits per heavy atom. The smallest absolute Gasteiger partial charge is 0.138 e. The lowest BCUT2D eigenvalue weighted by atomic mass is 9.96. The quantitative estimate of drug-likeness (QED) is 0.682. The summed E-state index contributed by atoms with van der Waals surface area (Å²) in [7, 11) is 0. The van der Waals surface area contributed by atoms with Crippen molar-refractivity contribution in [3.8, 4) is 0 Å². The highest BCUT2D eigenvalue weighted by molar-refractivity contribution is 4.89. The van der Waals surface area contributed by atoms with Crippen LogP contribution in [0.5, 0.6) is 0 Å². The molecule has 0 bridgehead atoms. The molecule has 0 saturated carbocycles. The Balaban J connectivity index is 2.05. The maximum absolute atomic E-state index is 5.51. The lowest BCUT2D eigenvalue weighted by molar-refractivity contribution is 0.328. The van der Waals surface area contributed by atoms with Crippen molar-refractivity contribution in [1.82, 2.24) is 14.8 Å². The number of hydrogen-bond acceptors (Lipinski definition) is 3. The normalized spacial score (nSPS) is 22.2. The van der Waals surface area contributed by atoms with E-state index in [0.717, 1.165) is 31.8 Å². The number of aryl methyl sites for hydroxylation is 1. The van der Waals surface area contributed by atoms with Crippen LogP contribution in [0.15, 0.2) is 6.33 Å². The zero-order valence-corrected chi connectivity index (χ0v) is 7.11. The second-order valence-corrected chi connectivity index (χ2v) is 3.34. The third-order valence-corrected chi connectivity index (χ3v) is 2.48. The van der Waals surface area contributed by atoms with E-state index in [1.165, 1.54) is 6.42 Å². The first kappa shape index (κ1) is 7.73. The number of fused-ring (bicyclic) bond motifs is 1. The molecule has 1 aliphatic heterocycles. The van der Waals surface area contributed by atoms with Crippen LogP contribution in [0.1, 0.15) is 18.7 Å². The van der Waals surface area contributed by atoms with Gasteiger partial charge in [0.05, 0.1) is 0 Å². The van der Waals surface area contributed by atoms with Crippen LogP contribution >= 0.6 is 0 Å². The van der Waals surface area contributed by atoms with Crippen LogP contribution < -0.4 is 5.73 Å². The van der Waals surface area contributed by atoms with E-state index < -0.39 is 0 Å². The van der Waals surface area contributed by atoms with Gasteiger partial charge in [0, 0.05) is 13.0 Å². The maximum atomic E-state index is 5.51. The van der Waals surface area contributed by atoms with E-state index in [1.807, 2.05) is 4.68 Å². The van der Waals surface area contributed by atoms with Crippen molar-refractivity contribution in [2.24, 2.45) is 11.7 Å². The molecule has 0 aliphatic carbocycles. The summed E-state index contributed by atoms with van der Waals surface area (Å²) in [6.07, 6.45) is 5.03. The van der Waals surface area contributed by atoms with Gasteiger partial charge < -0.3 is 5.73 Å². The Bertz CT molecular complexity index is 255. The molecule has 66 valence electrons. The van der Waals surface area contributed by atoms with Crippen LogP contribution in [0.3, 0.4) is 0 Å². The van der Waals surface area contributed by atoms with Gasteiger partial charge in [-0.1, -0.05) is 0 Å². The molecule has 2 rings (SSSR count). The first-order valence-corrected chi connectivity index (χ1v) is 4.47. The van der Waals surface area contributed by atoms with Gasteiger partial charge >= 0.3 is 0 Å². The zero-order chi connectivity index (χ0) is 8.39. The SMILES string of the molecule is NCCC1CCc2ncnn2C1. The third-order valence-electron chi connectivity index (χ3n) is 2.48. The van der Waals surface area contributed by atoms with Crippen molar-refractivity contribution in [2.45, 2.75) is 25.8 Å². The molecule has 4 heteroatoms. The Labute approximate surface area is 71.8 Å². The van der Waals surface area contributed by atoms with Crippen molar-refractivity contribution >= 4 is 0 Å². The molecule has 1 aliphatic rings. The molecule has 0 radical (unpaired) electrons. The summed E-state index contributed by atoms with van der Waals surface area (Å²) in [6.45, 7) is 1.79. The monoisotopic (exact) mass is 166 g/mol. The minimum absolute atomic E-state index is 0.712. The van der Waals surface area contributed by atoms with E-state index in [2.05, 4.69) is 10.1 Å². The van der Waals surface area contributed by atoms with Gasteiger partial charge in [-0.2, -0.15) is 5.10 Å². The van der Waals surface area contributed by atoms with Crippen molar-refractivity contribution in [3.05, 3.63) is 12.2 Å². The van der Waals surface area contributed by atoms with Crippen LogP contribution in [0.2, 0.25) is 0 Å². The lowest BCUT2D eigenvalue weighted by Gasteiger charge is -2.21. The molecule has 4 nitrogen and oxygen atoms in total. The fourth-order valence-electron chi connectivity index (χ4n) is 1.77. The highest BCUT2D eigenvalue weighted by Crippen LogP contribution is 2.19. The van der Waals surface area contributed by atoms with Crippen LogP contribution in [-0.4, -0.2) is 21.3 Å². The van der Waals surface area contributed by atoms with E-state index in [1.54, 1.807) is 6.33 Å². The van der Waals surface area contributed by atoms with Gasteiger partial charge in [-0.05, 0) is 25.3 Å². The molecule has 12 heavy (non-hydrogen) atoms. The van der Waals surface area contributed by atoms with Gasteiger partial charge in [-0.3, -0.25) is 0 Å². The molecule has 1 aromatic heterocycles. The van der Waals surface area contributed by atoms with E-state index in [4.69, 9.17) is 5.73 Å². The molecule has 2 N–H and O–H groups in total. The molecular formula is C8H14N4. The summed E-state index contributed by atoms with van der Waals surface area (Å²) in [4.78, 5) is 4.17. The summed E-state index contributed by atoms with van der Waals surface area (Å²) in [6, 6.07) is 0. The van der Waals surface area contributed by atoms with Crippen molar-refractivity contribution in [1.29, 1.82) is 0 Å². The molecule has 0 fully saturated rings. The van der Waals surface area contributed by atoms with E-state index in [-0.39, 0.29) is 0 Å². The molecule has 1 aromatic rings. The van der Waals surface area contributed by atoms with Crippen LogP contribution in [0.25, 0.3) is 0 Å². The Kier molecular flexibility index (Phi) is 2.08. The van der Waals surface area contributed by atoms with E-state index >= 15 is 0 Å². The van der Waals surface area contributed by atoms with E-state index in [0.29, 0.717) is 5.92 Å². The highest BCUT2D eigenvalue weighted by Gasteiger charge is 2.18. The minimum Gasteiger partial charge on any atom is -0.330 e. The second-order valence-electron chi connectivity index (χ2n) is 3.34. The molecule has 1 atom stereocenters. The first-order chi connectivity index (χ1) is 5.90. The summed E-state index contributed by atoms with van der Waals surface area (Å²) >= 11 is 0. The summed E-state index contributed by atoms with van der Waals surface area (Å²) < 4.78 is 2.00. The lowest BCUT2D eigenvalue weighted by Crippen LogP contribution is -2.23. The molecule has 0 spiro atoms. The third kappa shape index (κ3) is 1.34. The minimum atomic E-state index is 0.712. The molecule has 1 unspecified atom stereocenters. The number of nitrogens with zero attached hydrogens (tertiary/aromatic N) is 3. The second kappa shape index (κ2) is 3.23. The van der Waals surface area contributed by atoms with Crippen molar-refractivity contribution in [3.63, 3.8) is 0 Å². The van der Waals surface area contributed by atoms with Crippen LogP contribution in [-0.2, 0) is 13.0 Å². The number of rotatable bonds is 2. The van der Waals surface area contributed by atoms with Gasteiger partial charge in [-0.15, -0.1) is 0 Å². The Morgan fingerprint density at radius 2 is 2.58 bits per heavy atom. The van der Waals surface area contributed by atoms with Crippen molar-refractivity contribution in [2.75, 3.05) is 6.54 Å². The molecule has 0 aromatic carbocycles. The summed E-state index contributed by atoms with van der Waals surface area (Å²) in [5.74, 6) is 1.84. The average molecular weight is 166 g/mol. The topological polar surface area (TPSA) is 56.7 Å². The zero-order valence-electron chi connectivity index (χ0n) is 7.11. The number of hydrogen-bond donors (Lipinski definition) is 1. The van der Waals surface area contributed by atoms with Crippen LogP contribution in [0.4, 0.5) is 0 Å². The Hall–Kier alpha value is -0.900. The van der Waals surface area contributed by atoms with Gasteiger partial charge in [-0.25, -0.2) is 9.67 Å².